The smallest absolute Gasteiger partial charge is 0.261 e. The summed E-state index contributed by atoms with van der Waals surface area (Å²) < 4.78 is 0. The Kier molecular flexibility index (Phi) is 7.37. The van der Waals surface area contributed by atoms with Crippen LogP contribution in [0.25, 0.3) is 0 Å². The number of amides is 3. The van der Waals surface area contributed by atoms with Gasteiger partial charge in [-0.25, -0.2) is 0 Å². The van der Waals surface area contributed by atoms with E-state index in [1.54, 1.807) is 22.4 Å². The Balaban J connectivity index is 1.34. The zero-order valence-electron chi connectivity index (χ0n) is 16.6. The monoisotopic (exact) mass is 415 g/mol. The summed E-state index contributed by atoms with van der Waals surface area (Å²) in [6.07, 6.45) is 0. The fourth-order valence-corrected chi connectivity index (χ4v) is 4.00. The van der Waals surface area contributed by atoms with Gasteiger partial charge in [0.2, 0.25) is 11.8 Å². The van der Waals surface area contributed by atoms with Gasteiger partial charge >= 0.3 is 0 Å². The Morgan fingerprint density at radius 3 is 2.55 bits per heavy atom. The number of carbonyl (C=O) groups is 3. The molecule has 3 amide bonds. The lowest BCUT2D eigenvalue weighted by Gasteiger charge is -2.32. The summed E-state index contributed by atoms with van der Waals surface area (Å²) in [6.45, 7) is 6.03. The van der Waals surface area contributed by atoms with E-state index in [9.17, 15) is 14.4 Å². The maximum atomic E-state index is 12.4. The molecule has 0 spiro atoms. The van der Waals surface area contributed by atoms with Crippen LogP contribution in [0.5, 0.6) is 0 Å². The van der Waals surface area contributed by atoms with Crippen LogP contribution in [0.3, 0.4) is 0 Å². The summed E-state index contributed by atoms with van der Waals surface area (Å²) in [5.41, 5.74) is 2.58. The van der Waals surface area contributed by atoms with Crippen molar-refractivity contribution in [1.29, 1.82) is 0 Å². The van der Waals surface area contributed by atoms with E-state index in [-0.39, 0.29) is 30.8 Å². The predicted molar refractivity (Wildman–Crippen MR) is 112 cm³/mol. The third kappa shape index (κ3) is 6.40. The fourth-order valence-electron chi connectivity index (χ4n) is 3.36. The first-order chi connectivity index (χ1) is 14.0. The predicted octanol–water partition coefficient (Wildman–Crippen LogP) is -0.170. The molecule has 29 heavy (non-hydrogen) atoms. The van der Waals surface area contributed by atoms with E-state index >= 15 is 0 Å². The van der Waals surface area contributed by atoms with Gasteiger partial charge in [0.15, 0.2) is 0 Å². The van der Waals surface area contributed by atoms with E-state index in [1.807, 2.05) is 0 Å². The van der Waals surface area contributed by atoms with Crippen molar-refractivity contribution in [2.45, 2.75) is 13.5 Å². The van der Waals surface area contributed by atoms with Crippen LogP contribution in [0.15, 0.2) is 41.8 Å². The van der Waals surface area contributed by atoms with Crippen molar-refractivity contribution in [2.24, 2.45) is 0 Å². The number of hydrogen-bond acceptors (Lipinski definition) is 4. The molecule has 1 fully saturated rings. The number of nitrogens with one attached hydrogen (secondary N) is 3. The first kappa shape index (κ1) is 21.0. The van der Waals surface area contributed by atoms with Gasteiger partial charge < -0.3 is 20.4 Å². The molecular formula is C21H27N4O3S+. The second kappa shape index (κ2) is 10.2. The van der Waals surface area contributed by atoms with Gasteiger partial charge in [-0.15, -0.1) is 11.3 Å². The van der Waals surface area contributed by atoms with Crippen LogP contribution in [-0.2, 0) is 16.1 Å². The number of nitrogens with zero attached hydrogens (tertiary/aromatic N) is 1. The lowest BCUT2D eigenvalue weighted by Crippen LogP contribution is -3.13. The molecule has 0 saturated carbocycles. The molecule has 2 heterocycles. The van der Waals surface area contributed by atoms with Crippen LogP contribution >= 0.6 is 11.3 Å². The third-order valence-electron chi connectivity index (χ3n) is 4.95. The normalized spacial score (nSPS) is 14.4. The minimum absolute atomic E-state index is 0.0408. The SMILES string of the molecule is Cc1cccc(C[NH+]2CCN(C(=O)CNC(=O)CNC(=O)c3cccs3)CC2)c1. The van der Waals surface area contributed by atoms with Gasteiger partial charge in [-0.05, 0) is 18.4 Å². The highest BCUT2D eigenvalue weighted by Gasteiger charge is 2.24. The van der Waals surface area contributed by atoms with Gasteiger partial charge in [0, 0.05) is 5.56 Å². The average molecular weight is 416 g/mol. The Labute approximate surface area is 174 Å². The number of hydrogen-bond donors (Lipinski definition) is 3. The Hall–Kier alpha value is -2.71. The van der Waals surface area contributed by atoms with Crippen molar-refractivity contribution in [2.75, 3.05) is 39.3 Å². The zero-order chi connectivity index (χ0) is 20.6. The molecule has 0 atom stereocenters. The molecule has 1 aliphatic heterocycles. The summed E-state index contributed by atoms with van der Waals surface area (Å²) in [5, 5.41) is 6.94. The van der Waals surface area contributed by atoms with E-state index < -0.39 is 0 Å². The van der Waals surface area contributed by atoms with Crippen molar-refractivity contribution in [3.8, 4) is 0 Å². The summed E-state index contributed by atoms with van der Waals surface area (Å²) in [5.74, 6) is -0.737. The highest BCUT2D eigenvalue weighted by molar-refractivity contribution is 7.12. The molecule has 0 bridgehead atoms. The Morgan fingerprint density at radius 1 is 1.07 bits per heavy atom. The molecule has 8 heteroatoms. The first-order valence-electron chi connectivity index (χ1n) is 9.76. The molecule has 1 aliphatic rings. The summed E-state index contributed by atoms with van der Waals surface area (Å²) >= 11 is 1.31. The number of aryl methyl sites for hydroxylation is 1. The molecule has 3 N–H and O–H groups in total. The highest BCUT2D eigenvalue weighted by Crippen LogP contribution is 2.07. The number of rotatable bonds is 7. The second-order valence-corrected chi connectivity index (χ2v) is 8.18. The minimum Gasteiger partial charge on any atom is -0.345 e. The highest BCUT2D eigenvalue weighted by atomic mass is 32.1. The molecule has 0 aliphatic carbocycles. The van der Waals surface area contributed by atoms with Gasteiger partial charge in [-0.3, -0.25) is 14.4 Å². The molecular weight excluding hydrogens is 388 g/mol. The molecule has 0 unspecified atom stereocenters. The largest absolute Gasteiger partial charge is 0.345 e. The Morgan fingerprint density at radius 2 is 1.86 bits per heavy atom. The quantitative estimate of drug-likeness (QED) is 0.587. The van der Waals surface area contributed by atoms with Crippen molar-refractivity contribution in [3.05, 3.63) is 57.8 Å². The van der Waals surface area contributed by atoms with E-state index in [0.29, 0.717) is 18.0 Å². The molecule has 2 aromatic rings. The van der Waals surface area contributed by atoms with Crippen LogP contribution in [0.2, 0.25) is 0 Å². The van der Waals surface area contributed by atoms with Gasteiger partial charge in [0.1, 0.15) is 6.54 Å². The lowest BCUT2D eigenvalue weighted by molar-refractivity contribution is -0.917. The number of carbonyl (C=O) groups excluding carboxylic acids is 3. The topological polar surface area (TPSA) is 82.9 Å². The third-order valence-corrected chi connectivity index (χ3v) is 5.82. The van der Waals surface area contributed by atoms with E-state index in [4.69, 9.17) is 0 Å². The van der Waals surface area contributed by atoms with E-state index in [0.717, 1.165) is 19.6 Å². The molecule has 1 saturated heterocycles. The molecule has 3 rings (SSSR count). The van der Waals surface area contributed by atoms with E-state index in [2.05, 4.69) is 41.8 Å². The van der Waals surface area contributed by atoms with Crippen molar-refractivity contribution in [1.82, 2.24) is 15.5 Å². The zero-order valence-corrected chi connectivity index (χ0v) is 17.4. The molecule has 7 nitrogen and oxygen atoms in total. The number of quaternary nitrogens is 1. The van der Waals surface area contributed by atoms with Crippen LogP contribution in [0.4, 0.5) is 0 Å². The van der Waals surface area contributed by atoms with Gasteiger partial charge in [0.25, 0.3) is 5.91 Å². The van der Waals surface area contributed by atoms with Crippen molar-refractivity contribution < 1.29 is 19.3 Å². The summed E-state index contributed by atoms with van der Waals surface area (Å²) in [6, 6.07) is 12.0. The van der Waals surface area contributed by atoms with E-state index in [1.165, 1.54) is 27.4 Å². The maximum Gasteiger partial charge on any atom is 0.261 e. The van der Waals surface area contributed by atoms with Gasteiger partial charge in [-0.1, -0.05) is 35.9 Å². The Bertz CT molecular complexity index is 845. The number of piperazine rings is 1. The average Bonchev–Trinajstić information content (AvgIpc) is 3.26. The molecule has 1 aromatic heterocycles. The number of benzene rings is 1. The number of thiophene rings is 1. The van der Waals surface area contributed by atoms with Crippen molar-refractivity contribution >= 4 is 29.1 Å². The van der Waals surface area contributed by atoms with Crippen molar-refractivity contribution in [3.63, 3.8) is 0 Å². The first-order valence-corrected chi connectivity index (χ1v) is 10.6. The fraction of sp³-hybridized carbons (Fsp3) is 0.381. The van der Waals surface area contributed by atoms with Gasteiger partial charge in [0.05, 0.1) is 44.1 Å². The van der Waals surface area contributed by atoms with Crippen LogP contribution < -0.4 is 15.5 Å². The summed E-state index contributed by atoms with van der Waals surface area (Å²) in [4.78, 5) is 39.9. The van der Waals surface area contributed by atoms with Gasteiger partial charge in [-0.2, -0.15) is 0 Å². The molecule has 1 aromatic carbocycles. The molecule has 154 valence electrons. The van der Waals surface area contributed by atoms with Crippen LogP contribution in [-0.4, -0.2) is 61.9 Å². The van der Waals surface area contributed by atoms with Crippen LogP contribution in [0.1, 0.15) is 20.8 Å². The standard InChI is InChI=1S/C21H26N4O3S/c1-16-4-2-5-17(12-16)15-24-7-9-25(10-8-24)20(27)14-22-19(26)13-23-21(28)18-6-3-11-29-18/h2-6,11-12H,7-10,13-15H2,1H3,(H,22,26)(H,23,28)/p+1. The lowest BCUT2D eigenvalue weighted by atomic mass is 10.1. The minimum atomic E-state index is -0.369. The van der Waals surface area contributed by atoms with Crippen LogP contribution in [0, 0.1) is 6.92 Å². The second-order valence-electron chi connectivity index (χ2n) is 7.23. The maximum absolute atomic E-state index is 12.4. The molecule has 0 radical (unpaired) electrons. The summed E-state index contributed by atoms with van der Waals surface area (Å²) in [7, 11) is 0.